The van der Waals surface area contributed by atoms with Gasteiger partial charge >= 0.3 is 0 Å². The van der Waals surface area contributed by atoms with Gasteiger partial charge in [-0.1, -0.05) is 30.3 Å². The molecule has 3 aromatic rings. The van der Waals surface area contributed by atoms with E-state index in [-0.39, 0.29) is 11.9 Å². The standard InChI is InChI=1S/C24H29N5O/c1-15-8-9-17(12-25-3)10-20(15)24(30)28-16(2)21-11-23(18-13-26-27-14-18)29-22-7-5-4-6-19(21)22/h4-11,16,18,25-27H,12-14H2,1-3H3,(H,28,30)/t16-/m1/s1. The Morgan fingerprint density at radius 2 is 1.93 bits per heavy atom. The summed E-state index contributed by atoms with van der Waals surface area (Å²) in [5.41, 5.74) is 12.3. The summed E-state index contributed by atoms with van der Waals surface area (Å²) in [5, 5.41) is 7.43. The van der Waals surface area contributed by atoms with E-state index in [0.717, 1.165) is 58.5 Å². The second-order valence-corrected chi connectivity index (χ2v) is 7.99. The molecule has 1 amide bonds. The van der Waals surface area contributed by atoms with Crippen molar-refractivity contribution < 1.29 is 4.79 Å². The van der Waals surface area contributed by atoms with E-state index in [1.54, 1.807) is 0 Å². The van der Waals surface area contributed by atoms with Gasteiger partial charge < -0.3 is 10.6 Å². The number of carbonyl (C=O) groups is 1. The highest BCUT2D eigenvalue weighted by atomic mass is 16.1. The van der Waals surface area contributed by atoms with Crippen molar-refractivity contribution in [3.05, 3.63) is 76.5 Å². The average molecular weight is 404 g/mol. The van der Waals surface area contributed by atoms with Crippen molar-refractivity contribution in [1.82, 2.24) is 26.5 Å². The number of benzene rings is 2. The predicted molar refractivity (Wildman–Crippen MR) is 120 cm³/mol. The van der Waals surface area contributed by atoms with Crippen molar-refractivity contribution in [1.29, 1.82) is 0 Å². The second kappa shape index (κ2) is 8.92. The fraction of sp³-hybridized carbons (Fsp3) is 0.333. The molecule has 1 aliphatic rings. The van der Waals surface area contributed by atoms with Crippen LogP contribution in [0.15, 0.2) is 48.5 Å². The molecule has 0 saturated carbocycles. The Bertz CT molecular complexity index is 1060. The molecule has 1 saturated heterocycles. The lowest BCUT2D eigenvalue weighted by atomic mass is 9.97. The van der Waals surface area contributed by atoms with E-state index in [0.29, 0.717) is 5.92 Å². The van der Waals surface area contributed by atoms with Crippen LogP contribution in [0.1, 0.15) is 51.6 Å². The Hall–Kier alpha value is -2.80. The van der Waals surface area contributed by atoms with E-state index in [4.69, 9.17) is 4.98 Å². The molecular weight excluding hydrogens is 374 g/mol. The summed E-state index contributed by atoms with van der Waals surface area (Å²) < 4.78 is 0. The molecule has 1 fully saturated rings. The van der Waals surface area contributed by atoms with Gasteiger partial charge in [0.05, 0.1) is 11.6 Å². The van der Waals surface area contributed by atoms with Crippen LogP contribution in [-0.4, -0.2) is 31.0 Å². The maximum atomic E-state index is 13.1. The van der Waals surface area contributed by atoms with Gasteiger partial charge in [-0.05, 0) is 55.8 Å². The highest BCUT2D eigenvalue weighted by Gasteiger charge is 2.22. The number of rotatable bonds is 6. The second-order valence-electron chi connectivity index (χ2n) is 7.99. The monoisotopic (exact) mass is 403 g/mol. The summed E-state index contributed by atoms with van der Waals surface area (Å²) in [6.07, 6.45) is 0. The van der Waals surface area contributed by atoms with Crippen molar-refractivity contribution in [3.8, 4) is 0 Å². The lowest BCUT2D eigenvalue weighted by molar-refractivity contribution is 0.0939. The smallest absolute Gasteiger partial charge is 0.252 e. The van der Waals surface area contributed by atoms with Gasteiger partial charge in [0.2, 0.25) is 0 Å². The molecule has 156 valence electrons. The molecular formula is C24H29N5O. The maximum absolute atomic E-state index is 13.1. The van der Waals surface area contributed by atoms with Crippen LogP contribution in [0.2, 0.25) is 0 Å². The van der Waals surface area contributed by atoms with Crippen molar-refractivity contribution in [3.63, 3.8) is 0 Å². The number of nitrogens with one attached hydrogen (secondary N) is 4. The number of hydrogen-bond acceptors (Lipinski definition) is 5. The third-order valence-electron chi connectivity index (χ3n) is 5.75. The highest BCUT2D eigenvalue weighted by Crippen LogP contribution is 2.28. The number of fused-ring (bicyclic) bond motifs is 1. The van der Waals surface area contributed by atoms with E-state index >= 15 is 0 Å². The molecule has 1 aliphatic heterocycles. The summed E-state index contributed by atoms with van der Waals surface area (Å²) in [5.74, 6) is 0.265. The molecule has 0 unspecified atom stereocenters. The fourth-order valence-electron chi connectivity index (χ4n) is 4.04. The molecule has 0 bridgehead atoms. The van der Waals surface area contributed by atoms with E-state index in [9.17, 15) is 4.79 Å². The number of carbonyl (C=O) groups excluding carboxylic acids is 1. The molecule has 2 heterocycles. The summed E-state index contributed by atoms with van der Waals surface area (Å²) in [4.78, 5) is 18.0. The number of aryl methyl sites for hydroxylation is 1. The highest BCUT2D eigenvalue weighted by molar-refractivity contribution is 5.96. The first-order chi connectivity index (χ1) is 14.6. The Kier molecular flexibility index (Phi) is 6.08. The normalized spacial score (nSPS) is 15.4. The van der Waals surface area contributed by atoms with Crippen LogP contribution >= 0.6 is 0 Å². The van der Waals surface area contributed by atoms with E-state index in [1.165, 1.54) is 0 Å². The topological polar surface area (TPSA) is 78.1 Å². The Balaban J connectivity index is 1.65. The van der Waals surface area contributed by atoms with Crippen molar-refractivity contribution in [2.75, 3.05) is 20.1 Å². The van der Waals surface area contributed by atoms with Crippen molar-refractivity contribution >= 4 is 16.8 Å². The van der Waals surface area contributed by atoms with Crippen LogP contribution < -0.4 is 21.5 Å². The third-order valence-corrected chi connectivity index (χ3v) is 5.75. The minimum atomic E-state index is -0.140. The van der Waals surface area contributed by atoms with Gasteiger partial charge in [0, 0.05) is 42.2 Å². The molecule has 0 radical (unpaired) electrons. The largest absolute Gasteiger partial charge is 0.345 e. The van der Waals surface area contributed by atoms with E-state index in [1.807, 2.05) is 51.2 Å². The SMILES string of the molecule is CNCc1ccc(C)c(C(=O)N[C@H](C)c2cc(C3CNNC3)nc3ccccc23)c1. The van der Waals surface area contributed by atoms with Gasteiger partial charge in [0.25, 0.3) is 5.91 Å². The summed E-state index contributed by atoms with van der Waals surface area (Å²) in [6.45, 7) is 6.45. The number of hydrazine groups is 1. The number of pyridine rings is 1. The molecule has 4 rings (SSSR count). The van der Waals surface area contributed by atoms with Crippen LogP contribution in [-0.2, 0) is 6.54 Å². The van der Waals surface area contributed by atoms with Crippen LogP contribution in [0.5, 0.6) is 0 Å². The minimum Gasteiger partial charge on any atom is -0.345 e. The molecule has 2 aromatic carbocycles. The number of hydrogen-bond donors (Lipinski definition) is 4. The van der Waals surface area contributed by atoms with Gasteiger partial charge in [-0.2, -0.15) is 0 Å². The number of para-hydroxylation sites is 1. The van der Waals surface area contributed by atoms with Crippen LogP contribution in [0.25, 0.3) is 10.9 Å². The maximum Gasteiger partial charge on any atom is 0.252 e. The summed E-state index contributed by atoms with van der Waals surface area (Å²) >= 11 is 0. The molecule has 6 nitrogen and oxygen atoms in total. The zero-order valence-corrected chi connectivity index (χ0v) is 17.8. The zero-order chi connectivity index (χ0) is 21.1. The molecule has 1 atom stereocenters. The summed E-state index contributed by atoms with van der Waals surface area (Å²) in [7, 11) is 1.91. The van der Waals surface area contributed by atoms with Gasteiger partial charge in [0.15, 0.2) is 0 Å². The van der Waals surface area contributed by atoms with Crippen LogP contribution in [0.4, 0.5) is 0 Å². The van der Waals surface area contributed by atoms with Gasteiger partial charge in [-0.25, -0.2) is 0 Å². The van der Waals surface area contributed by atoms with Gasteiger partial charge in [-0.3, -0.25) is 20.6 Å². The zero-order valence-electron chi connectivity index (χ0n) is 17.8. The van der Waals surface area contributed by atoms with Crippen LogP contribution in [0, 0.1) is 6.92 Å². The van der Waals surface area contributed by atoms with E-state index < -0.39 is 0 Å². The fourth-order valence-corrected chi connectivity index (χ4v) is 4.04. The van der Waals surface area contributed by atoms with Crippen molar-refractivity contribution in [2.24, 2.45) is 0 Å². The summed E-state index contributed by atoms with van der Waals surface area (Å²) in [6, 6.07) is 16.2. The quantitative estimate of drug-likeness (QED) is 0.509. The molecule has 0 aliphatic carbocycles. The van der Waals surface area contributed by atoms with Crippen molar-refractivity contribution in [2.45, 2.75) is 32.4 Å². The number of nitrogens with zero attached hydrogens (tertiary/aromatic N) is 1. The first kappa shape index (κ1) is 20.5. The third kappa shape index (κ3) is 4.21. The average Bonchev–Trinajstić information content (AvgIpc) is 3.29. The lowest BCUT2D eigenvalue weighted by Gasteiger charge is -2.20. The Labute approximate surface area is 177 Å². The van der Waals surface area contributed by atoms with Crippen LogP contribution in [0.3, 0.4) is 0 Å². The predicted octanol–water partition coefficient (Wildman–Crippen LogP) is 2.95. The number of aromatic nitrogens is 1. The minimum absolute atomic E-state index is 0.0513. The Morgan fingerprint density at radius 1 is 1.17 bits per heavy atom. The first-order valence-electron chi connectivity index (χ1n) is 10.5. The molecule has 0 spiro atoms. The number of amides is 1. The molecule has 1 aromatic heterocycles. The lowest BCUT2D eigenvalue weighted by Crippen LogP contribution is -2.28. The van der Waals surface area contributed by atoms with Gasteiger partial charge in [-0.15, -0.1) is 0 Å². The molecule has 30 heavy (non-hydrogen) atoms. The van der Waals surface area contributed by atoms with Gasteiger partial charge in [0.1, 0.15) is 0 Å². The van der Waals surface area contributed by atoms with E-state index in [2.05, 4.69) is 39.7 Å². The molecule has 4 N–H and O–H groups in total. The molecule has 6 heteroatoms. The first-order valence-corrected chi connectivity index (χ1v) is 10.5. The Morgan fingerprint density at radius 3 is 2.70 bits per heavy atom.